The van der Waals surface area contributed by atoms with Gasteiger partial charge in [0.1, 0.15) is 0 Å². The predicted octanol–water partition coefficient (Wildman–Crippen LogP) is 2.74. The maximum Gasteiger partial charge on any atom is 0.254 e. The molecule has 0 saturated carbocycles. The van der Waals surface area contributed by atoms with Gasteiger partial charge in [0, 0.05) is 24.7 Å². The van der Waals surface area contributed by atoms with Crippen LogP contribution in [-0.4, -0.2) is 29.9 Å². The van der Waals surface area contributed by atoms with Crippen LogP contribution in [0, 0.1) is 0 Å². The van der Waals surface area contributed by atoms with E-state index in [2.05, 4.69) is 23.2 Å². The number of carbonyl (C=O) groups is 1. The molecule has 0 aromatic heterocycles. The summed E-state index contributed by atoms with van der Waals surface area (Å²) in [6.07, 6.45) is 5.63. The molecule has 1 aromatic rings. The average Bonchev–Trinajstić information content (AvgIpc) is 2.53. The van der Waals surface area contributed by atoms with Gasteiger partial charge in [0.2, 0.25) is 0 Å². The zero-order valence-electron chi connectivity index (χ0n) is 12.3. The number of piperidine rings is 1. The highest BCUT2D eigenvalue weighted by Gasteiger charge is 2.28. The van der Waals surface area contributed by atoms with Gasteiger partial charge in [-0.05, 0) is 55.8 Å². The topological polar surface area (TPSA) is 32.3 Å². The van der Waals surface area contributed by atoms with Crippen molar-refractivity contribution in [3.63, 3.8) is 0 Å². The lowest BCUT2D eigenvalue weighted by atomic mass is 9.93. The predicted molar refractivity (Wildman–Crippen MR) is 80.8 cm³/mol. The van der Waals surface area contributed by atoms with Gasteiger partial charge < -0.3 is 10.2 Å². The van der Waals surface area contributed by atoms with E-state index in [0.717, 1.165) is 44.5 Å². The number of benzene rings is 1. The molecule has 1 saturated heterocycles. The minimum atomic E-state index is 0.260. The number of amides is 1. The summed E-state index contributed by atoms with van der Waals surface area (Å²) in [7, 11) is 0. The van der Waals surface area contributed by atoms with Crippen molar-refractivity contribution >= 4 is 5.91 Å². The van der Waals surface area contributed by atoms with E-state index in [1.165, 1.54) is 24.0 Å². The first-order valence-electron chi connectivity index (χ1n) is 7.93. The lowest BCUT2D eigenvalue weighted by molar-refractivity contribution is 0.0606. The molecule has 2 aliphatic heterocycles. The molecule has 1 unspecified atom stereocenters. The summed E-state index contributed by atoms with van der Waals surface area (Å²) in [5.74, 6) is 0.260. The number of fused-ring (bicyclic) bond motifs is 1. The van der Waals surface area contributed by atoms with Crippen LogP contribution in [0.15, 0.2) is 18.2 Å². The van der Waals surface area contributed by atoms with Gasteiger partial charge in [0.25, 0.3) is 5.91 Å². The van der Waals surface area contributed by atoms with Gasteiger partial charge in [-0.2, -0.15) is 0 Å². The Kier molecular flexibility index (Phi) is 4.06. The number of hydrogen-bond acceptors (Lipinski definition) is 2. The van der Waals surface area contributed by atoms with Crippen molar-refractivity contribution in [2.24, 2.45) is 0 Å². The maximum absolute atomic E-state index is 12.9. The second kappa shape index (κ2) is 5.96. The van der Waals surface area contributed by atoms with Crippen LogP contribution < -0.4 is 5.32 Å². The molecule has 0 bridgehead atoms. The number of rotatable bonds is 2. The minimum absolute atomic E-state index is 0.260. The summed E-state index contributed by atoms with van der Waals surface area (Å²) in [5.41, 5.74) is 3.52. The van der Waals surface area contributed by atoms with Crippen LogP contribution >= 0.6 is 0 Å². The highest BCUT2D eigenvalue weighted by Crippen LogP contribution is 2.25. The Hall–Kier alpha value is -1.35. The van der Waals surface area contributed by atoms with Crippen LogP contribution in [-0.2, 0) is 13.0 Å². The van der Waals surface area contributed by atoms with E-state index in [4.69, 9.17) is 0 Å². The van der Waals surface area contributed by atoms with E-state index in [1.54, 1.807) is 0 Å². The summed E-state index contributed by atoms with van der Waals surface area (Å²) in [6, 6.07) is 6.64. The first kappa shape index (κ1) is 13.6. The van der Waals surface area contributed by atoms with Crippen molar-refractivity contribution in [3.05, 3.63) is 34.9 Å². The zero-order valence-corrected chi connectivity index (χ0v) is 12.3. The van der Waals surface area contributed by atoms with Crippen LogP contribution in [0.1, 0.15) is 54.1 Å². The molecule has 2 heterocycles. The molecule has 108 valence electrons. The second-order valence-corrected chi connectivity index (χ2v) is 5.93. The van der Waals surface area contributed by atoms with Gasteiger partial charge >= 0.3 is 0 Å². The Morgan fingerprint density at radius 2 is 2.30 bits per heavy atom. The molecule has 3 heteroatoms. The molecule has 0 radical (unpaired) electrons. The van der Waals surface area contributed by atoms with Crippen LogP contribution in [0.3, 0.4) is 0 Å². The summed E-state index contributed by atoms with van der Waals surface area (Å²) < 4.78 is 0. The maximum atomic E-state index is 12.9. The van der Waals surface area contributed by atoms with Gasteiger partial charge in [0.15, 0.2) is 0 Å². The fourth-order valence-corrected chi connectivity index (χ4v) is 3.58. The molecule has 1 aromatic carbocycles. The fraction of sp³-hybridized carbons (Fsp3) is 0.588. The highest BCUT2D eigenvalue weighted by molar-refractivity contribution is 5.96. The van der Waals surface area contributed by atoms with Gasteiger partial charge in [0.05, 0.1) is 0 Å². The Balaban J connectivity index is 1.90. The molecular formula is C17H24N2O. The van der Waals surface area contributed by atoms with Crippen LogP contribution in [0.2, 0.25) is 0 Å². The Bertz CT molecular complexity index is 498. The van der Waals surface area contributed by atoms with E-state index in [-0.39, 0.29) is 5.91 Å². The molecule has 2 aliphatic rings. The molecule has 1 fully saturated rings. The van der Waals surface area contributed by atoms with Crippen molar-refractivity contribution < 1.29 is 4.79 Å². The normalized spacial score (nSPS) is 22.4. The summed E-state index contributed by atoms with van der Waals surface area (Å²) in [4.78, 5) is 15.1. The van der Waals surface area contributed by atoms with Gasteiger partial charge in [-0.3, -0.25) is 4.79 Å². The number of nitrogens with one attached hydrogen (secondary N) is 1. The highest BCUT2D eigenvalue weighted by atomic mass is 16.2. The summed E-state index contributed by atoms with van der Waals surface area (Å²) in [6.45, 7) is 5.00. The molecule has 0 spiro atoms. The molecule has 1 atom stereocenters. The monoisotopic (exact) mass is 272 g/mol. The van der Waals surface area contributed by atoms with Crippen LogP contribution in [0.5, 0.6) is 0 Å². The number of likely N-dealkylation sites (tertiary alicyclic amines) is 1. The van der Waals surface area contributed by atoms with Crippen molar-refractivity contribution in [1.29, 1.82) is 0 Å². The largest absolute Gasteiger partial charge is 0.336 e. The third kappa shape index (κ3) is 2.47. The van der Waals surface area contributed by atoms with Gasteiger partial charge in [-0.1, -0.05) is 19.1 Å². The van der Waals surface area contributed by atoms with E-state index < -0.39 is 0 Å². The van der Waals surface area contributed by atoms with Crippen LogP contribution in [0.4, 0.5) is 0 Å². The lowest BCUT2D eigenvalue weighted by Gasteiger charge is -2.36. The molecule has 0 aliphatic carbocycles. The fourth-order valence-electron chi connectivity index (χ4n) is 3.58. The quantitative estimate of drug-likeness (QED) is 0.898. The standard InChI is InChI=1S/C17H24N2O/c1-2-14-7-3-4-11-19(14)17(20)16-8-5-6-13-12-18-10-9-15(13)16/h5-6,8,14,18H,2-4,7,9-12H2,1H3. The second-order valence-electron chi connectivity index (χ2n) is 5.93. The van der Waals surface area contributed by atoms with E-state index in [1.807, 2.05) is 12.1 Å². The van der Waals surface area contributed by atoms with E-state index >= 15 is 0 Å². The Morgan fingerprint density at radius 3 is 3.15 bits per heavy atom. The van der Waals surface area contributed by atoms with Crippen molar-refractivity contribution in [2.75, 3.05) is 13.1 Å². The summed E-state index contributed by atoms with van der Waals surface area (Å²) >= 11 is 0. The summed E-state index contributed by atoms with van der Waals surface area (Å²) in [5, 5.41) is 3.38. The zero-order chi connectivity index (χ0) is 13.9. The lowest BCUT2D eigenvalue weighted by Crippen LogP contribution is -2.44. The van der Waals surface area contributed by atoms with E-state index in [0.29, 0.717) is 6.04 Å². The molecule has 3 rings (SSSR count). The number of carbonyl (C=O) groups excluding carboxylic acids is 1. The molecule has 20 heavy (non-hydrogen) atoms. The third-order valence-electron chi connectivity index (χ3n) is 4.73. The first-order chi connectivity index (χ1) is 9.81. The van der Waals surface area contributed by atoms with Crippen molar-refractivity contribution in [3.8, 4) is 0 Å². The third-order valence-corrected chi connectivity index (χ3v) is 4.73. The molecule has 1 N–H and O–H groups in total. The van der Waals surface area contributed by atoms with Crippen LogP contribution in [0.25, 0.3) is 0 Å². The SMILES string of the molecule is CCC1CCCCN1C(=O)c1cccc2c1CCNC2. The average molecular weight is 272 g/mol. The van der Waals surface area contributed by atoms with Gasteiger partial charge in [-0.25, -0.2) is 0 Å². The smallest absolute Gasteiger partial charge is 0.254 e. The Morgan fingerprint density at radius 1 is 1.40 bits per heavy atom. The van der Waals surface area contributed by atoms with E-state index in [9.17, 15) is 4.79 Å². The number of hydrogen-bond donors (Lipinski definition) is 1. The minimum Gasteiger partial charge on any atom is -0.336 e. The molecule has 3 nitrogen and oxygen atoms in total. The molecule has 1 amide bonds. The number of nitrogens with zero attached hydrogens (tertiary/aromatic N) is 1. The van der Waals surface area contributed by atoms with Gasteiger partial charge in [-0.15, -0.1) is 0 Å². The van der Waals surface area contributed by atoms with Crippen molar-refractivity contribution in [1.82, 2.24) is 10.2 Å². The first-order valence-corrected chi connectivity index (χ1v) is 7.93. The molecular weight excluding hydrogens is 248 g/mol. The Labute approximate surface area is 121 Å². The van der Waals surface area contributed by atoms with Crippen molar-refractivity contribution in [2.45, 2.75) is 51.6 Å².